The number of alkyl halides is 3. The van der Waals surface area contributed by atoms with Gasteiger partial charge in [-0.25, -0.2) is 0 Å². The summed E-state index contributed by atoms with van der Waals surface area (Å²) >= 11 is 0. The molecule has 0 saturated carbocycles. The van der Waals surface area contributed by atoms with Crippen molar-refractivity contribution in [1.82, 2.24) is 15.0 Å². The van der Waals surface area contributed by atoms with Gasteiger partial charge in [0.15, 0.2) is 5.82 Å². The van der Waals surface area contributed by atoms with Crippen LogP contribution in [0.4, 0.5) is 13.2 Å². The van der Waals surface area contributed by atoms with E-state index in [0.717, 1.165) is 12.1 Å². The molecule has 8 heteroatoms. The Morgan fingerprint density at radius 2 is 1.70 bits per heavy atom. The molecule has 0 fully saturated rings. The van der Waals surface area contributed by atoms with E-state index in [2.05, 4.69) is 10.1 Å². The first kappa shape index (κ1) is 18.6. The first-order valence-electron chi connectivity index (χ1n) is 8.06. The number of halogens is 3. The third kappa shape index (κ3) is 4.33. The average molecular weight is 375 g/mol. The lowest BCUT2D eigenvalue weighted by Gasteiger charge is -2.18. The predicted octanol–water partition coefficient (Wildman–Crippen LogP) is 4.34. The van der Waals surface area contributed by atoms with Crippen LogP contribution in [0.5, 0.6) is 0 Å². The van der Waals surface area contributed by atoms with Gasteiger partial charge in [0.25, 0.3) is 11.8 Å². The topological polar surface area (TPSA) is 59.2 Å². The Hall–Kier alpha value is -3.16. The van der Waals surface area contributed by atoms with Crippen LogP contribution >= 0.6 is 0 Å². The van der Waals surface area contributed by atoms with Crippen LogP contribution in [0, 0.1) is 6.92 Å². The molecule has 0 bridgehead atoms. The van der Waals surface area contributed by atoms with Gasteiger partial charge in [-0.15, -0.1) is 0 Å². The van der Waals surface area contributed by atoms with Gasteiger partial charge >= 0.3 is 6.18 Å². The zero-order valence-electron chi connectivity index (χ0n) is 14.6. The highest BCUT2D eigenvalue weighted by Gasteiger charge is 2.30. The van der Waals surface area contributed by atoms with Crippen molar-refractivity contribution in [3.8, 4) is 11.5 Å². The second-order valence-corrected chi connectivity index (χ2v) is 6.08. The smallest absolute Gasteiger partial charge is 0.337 e. The van der Waals surface area contributed by atoms with E-state index in [9.17, 15) is 18.0 Å². The van der Waals surface area contributed by atoms with Gasteiger partial charge in [0.1, 0.15) is 0 Å². The maximum absolute atomic E-state index is 12.6. The molecular formula is C19H16F3N3O2. The van der Waals surface area contributed by atoms with E-state index in [1.165, 1.54) is 17.0 Å². The number of aryl methyl sites for hydroxylation is 1. The number of hydrogen-bond acceptors (Lipinski definition) is 4. The van der Waals surface area contributed by atoms with E-state index in [1.54, 1.807) is 38.2 Å². The molecule has 0 atom stereocenters. The zero-order chi connectivity index (χ0) is 19.6. The predicted molar refractivity (Wildman–Crippen MR) is 91.7 cm³/mol. The van der Waals surface area contributed by atoms with Crippen LogP contribution in [0.25, 0.3) is 11.5 Å². The first-order valence-corrected chi connectivity index (χ1v) is 8.06. The number of benzene rings is 2. The van der Waals surface area contributed by atoms with Crippen LogP contribution in [0.2, 0.25) is 0 Å². The van der Waals surface area contributed by atoms with Crippen molar-refractivity contribution in [3.05, 3.63) is 71.0 Å². The zero-order valence-corrected chi connectivity index (χ0v) is 14.6. The fourth-order valence-electron chi connectivity index (χ4n) is 2.53. The van der Waals surface area contributed by atoms with Crippen LogP contribution < -0.4 is 0 Å². The minimum absolute atomic E-state index is 0.196. The Kier molecular flexibility index (Phi) is 4.98. The number of rotatable bonds is 4. The highest BCUT2D eigenvalue weighted by molar-refractivity contribution is 5.94. The van der Waals surface area contributed by atoms with Crippen LogP contribution in [0.1, 0.15) is 27.3 Å². The van der Waals surface area contributed by atoms with Crippen molar-refractivity contribution in [3.63, 3.8) is 0 Å². The van der Waals surface area contributed by atoms with Gasteiger partial charge in [-0.1, -0.05) is 17.3 Å². The Bertz CT molecular complexity index is 932. The summed E-state index contributed by atoms with van der Waals surface area (Å²) < 4.78 is 42.9. The molecule has 3 aromatic rings. The number of hydrogen-bond donors (Lipinski definition) is 0. The minimum atomic E-state index is -4.38. The molecule has 5 nitrogen and oxygen atoms in total. The number of aromatic nitrogens is 2. The molecule has 0 aliphatic carbocycles. The molecule has 27 heavy (non-hydrogen) atoms. The lowest BCUT2D eigenvalue weighted by atomic mass is 10.1. The summed E-state index contributed by atoms with van der Waals surface area (Å²) in [7, 11) is 1.59. The van der Waals surface area contributed by atoms with Crippen LogP contribution in [-0.2, 0) is 12.7 Å². The fraction of sp³-hybridized carbons (Fsp3) is 0.211. The van der Waals surface area contributed by atoms with E-state index in [0.29, 0.717) is 28.4 Å². The first-order chi connectivity index (χ1) is 12.7. The Morgan fingerprint density at radius 1 is 1.07 bits per heavy atom. The quantitative estimate of drug-likeness (QED) is 0.681. The highest BCUT2D eigenvalue weighted by atomic mass is 19.4. The summed E-state index contributed by atoms with van der Waals surface area (Å²) in [6.45, 7) is 1.91. The van der Waals surface area contributed by atoms with Gasteiger partial charge in [0, 0.05) is 24.7 Å². The summed E-state index contributed by atoms with van der Waals surface area (Å²) in [6.07, 6.45) is -4.38. The van der Waals surface area contributed by atoms with Crippen LogP contribution in [-0.4, -0.2) is 28.0 Å². The Labute approximate surface area is 153 Å². The summed E-state index contributed by atoms with van der Waals surface area (Å²) in [5, 5.41) is 3.72. The molecule has 0 aliphatic heterocycles. The average Bonchev–Trinajstić information content (AvgIpc) is 3.07. The maximum atomic E-state index is 12.6. The fourth-order valence-corrected chi connectivity index (χ4v) is 2.53. The van der Waals surface area contributed by atoms with Gasteiger partial charge < -0.3 is 9.42 Å². The van der Waals surface area contributed by atoms with E-state index in [1.807, 2.05) is 0 Å². The standard InChI is InChI=1S/C19H16F3N3O2/c1-12-23-17(27-24-12)14-5-7-15(8-6-14)18(26)25(2)11-13-3-9-16(10-4-13)19(20,21)22/h3-10H,11H2,1-2H3. The molecule has 0 spiro atoms. The minimum Gasteiger partial charge on any atom is -0.337 e. The number of nitrogens with zero attached hydrogens (tertiary/aromatic N) is 3. The lowest BCUT2D eigenvalue weighted by Crippen LogP contribution is -2.26. The second-order valence-electron chi connectivity index (χ2n) is 6.08. The normalized spacial score (nSPS) is 11.4. The molecule has 0 aliphatic rings. The van der Waals surface area contributed by atoms with Crippen molar-refractivity contribution >= 4 is 5.91 Å². The molecule has 2 aromatic carbocycles. The van der Waals surface area contributed by atoms with Gasteiger partial charge in [-0.3, -0.25) is 4.79 Å². The van der Waals surface area contributed by atoms with E-state index in [4.69, 9.17) is 4.52 Å². The van der Waals surface area contributed by atoms with Crippen LogP contribution in [0.3, 0.4) is 0 Å². The number of amides is 1. The SMILES string of the molecule is Cc1noc(-c2ccc(C(=O)N(C)Cc3ccc(C(F)(F)F)cc3)cc2)n1. The molecule has 140 valence electrons. The maximum Gasteiger partial charge on any atom is 0.416 e. The second kappa shape index (κ2) is 7.22. The summed E-state index contributed by atoms with van der Waals surface area (Å²) in [5.74, 6) is 0.634. The van der Waals surface area contributed by atoms with Gasteiger partial charge in [0.05, 0.1) is 5.56 Å². The largest absolute Gasteiger partial charge is 0.416 e. The van der Waals surface area contributed by atoms with Crippen molar-refractivity contribution in [1.29, 1.82) is 0 Å². The molecule has 0 unspecified atom stereocenters. The lowest BCUT2D eigenvalue weighted by molar-refractivity contribution is -0.137. The molecule has 0 radical (unpaired) electrons. The van der Waals surface area contributed by atoms with Gasteiger partial charge in [-0.05, 0) is 48.9 Å². The summed E-state index contributed by atoms with van der Waals surface area (Å²) in [4.78, 5) is 18.1. The molecule has 1 heterocycles. The van der Waals surface area contributed by atoms with E-state index in [-0.39, 0.29) is 12.5 Å². The third-order valence-corrected chi connectivity index (χ3v) is 3.95. The number of carbonyl (C=O) groups excluding carboxylic acids is 1. The number of carbonyl (C=O) groups is 1. The Balaban J connectivity index is 1.68. The highest BCUT2D eigenvalue weighted by Crippen LogP contribution is 2.29. The molecule has 1 amide bonds. The molecule has 1 aromatic heterocycles. The Morgan fingerprint density at radius 3 is 2.22 bits per heavy atom. The summed E-state index contributed by atoms with van der Waals surface area (Å²) in [5.41, 5.74) is 1.03. The van der Waals surface area contributed by atoms with Crippen molar-refractivity contribution in [2.24, 2.45) is 0 Å². The molecule has 0 N–H and O–H groups in total. The summed E-state index contributed by atoms with van der Waals surface area (Å²) in [6, 6.07) is 11.4. The monoisotopic (exact) mass is 375 g/mol. The molecular weight excluding hydrogens is 359 g/mol. The van der Waals surface area contributed by atoms with Crippen LogP contribution in [0.15, 0.2) is 53.1 Å². The van der Waals surface area contributed by atoms with E-state index >= 15 is 0 Å². The van der Waals surface area contributed by atoms with Gasteiger partial charge in [0.2, 0.25) is 0 Å². The molecule has 0 saturated heterocycles. The van der Waals surface area contributed by atoms with Crippen molar-refractivity contribution in [2.75, 3.05) is 7.05 Å². The van der Waals surface area contributed by atoms with E-state index < -0.39 is 11.7 Å². The molecule has 3 rings (SSSR count). The van der Waals surface area contributed by atoms with Crippen molar-refractivity contribution < 1.29 is 22.5 Å². The third-order valence-electron chi connectivity index (χ3n) is 3.95. The van der Waals surface area contributed by atoms with Gasteiger partial charge in [-0.2, -0.15) is 18.2 Å². The van der Waals surface area contributed by atoms with Crippen molar-refractivity contribution in [2.45, 2.75) is 19.6 Å².